The fourth-order valence-electron chi connectivity index (χ4n) is 3.82. The van der Waals surface area contributed by atoms with Crippen LogP contribution in [0.4, 0.5) is 11.6 Å². The molecular weight excluding hydrogens is 392 g/mol. The Morgan fingerprint density at radius 1 is 1.19 bits per heavy atom. The number of anilines is 2. The lowest BCUT2D eigenvalue weighted by Crippen LogP contribution is -2.24. The van der Waals surface area contributed by atoms with Crippen molar-refractivity contribution in [1.29, 1.82) is 0 Å². The molecule has 0 spiro atoms. The zero-order chi connectivity index (χ0) is 22.1. The monoisotopic (exact) mass is 420 g/mol. The van der Waals surface area contributed by atoms with Gasteiger partial charge >= 0.3 is 0 Å². The summed E-state index contributed by atoms with van der Waals surface area (Å²) in [7, 11) is 1.95. The molecule has 9 nitrogen and oxygen atoms in total. The molecule has 1 amide bonds. The van der Waals surface area contributed by atoms with Crippen LogP contribution in [0.2, 0.25) is 0 Å². The molecule has 0 aliphatic carbocycles. The maximum atomic E-state index is 13.3. The molecule has 0 fully saturated rings. The molecular formula is C22H28N8O. The number of aryl methyl sites for hydroxylation is 1. The Labute approximate surface area is 181 Å². The van der Waals surface area contributed by atoms with Crippen LogP contribution in [0.3, 0.4) is 0 Å². The summed E-state index contributed by atoms with van der Waals surface area (Å²) in [5.41, 5.74) is 8.92. The molecule has 3 aromatic rings. The van der Waals surface area contributed by atoms with E-state index in [9.17, 15) is 4.79 Å². The molecule has 1 aliphatic rings. The van der Waals surface area contributed by atoms with Gasteiger partial charge in [0, 0.05) is 32.2 Å². The second kappa shape index (κ2) is 8.43. The number of fused-ring (bicyclic) bond motifs is 1. The average molecular weight is 421 g/mol. The summed E-state index contributed by atoms with van der Waals surface area (Å²) < 4.78 is 2.05. The number of carbonyl (C=O) groups is 1. The highest BCUT2D eigenvalue weighted by molar-refractivity contribution is 6.10. The number of nitrogens with two attached hydrogens (primary N) is 1. The van der Waals surface area contributed by atoms with E-state index in [0.717, 1.165) is 42.4 Å². The van der Waals surface area contributed by atoms with Crippen molar-refractivity contribution in [3.05, 3.63) is 46.9 Å². The lowest BCUT2D eigenvalue weighted by molar-refractivity contribution is 0.0996. The van der Waals surface area contributed by atoms with Gasteiger partial charge in [0.1, 0.15) is 23.2 Å². The van der Waals surface area contributed by atoms with Crippen LogP contribution >= 0.6 is 0 Å². The van der Waals surface area contributed by atoms with E-state index >= 15 is 0 Å². The van der Waals surface area contributed by atoms with Crippen LogP contribution in [0.25, 0.3) is 11.5 Å². The number of aromatic nitrogens is 5. The number of hydrogen-bond acceptors (Lipinski definition) is 7. The van der Waals surface area contributed by atoms with Gasteiger partial charge in [-0.1, -0.05) is 13.0 Å². The van der Waals surface area contributed by atoms with Gasteiger partial charge in [0.2, 0.25) is 0 Å². The molecule has 4 rings (SSSR count). The maximum absolute atomic E-state index is 13.3. The second-order valence-electron chi connectivity index (χ2n) is 7.67. The van der Waals surface area contributed by atoms with Crippen molar-refractivity contribution in [3.63, 3.8) is 0 Å². The molecule has 9 heteroatoms. The molecule has 1 aliphatic heterocycles. The fraction of sp³-hybridized carbons (Fsp3) is 0.409. The van der Waals surface area contributed by atoms with Gasteiger partial charge in [0.25, 0.3) is 5.91 Å². The summed E-state index contributed by atoms with van der Waals surface area (Å²) in [5.74, 6) is 2.80. The van der Waals surface area contributed by atoms with Crippen molar-refractivity contribution < 1.29 is 4.79 Å². The molecule has 3 aromatic heterocycles. The first-order valence-corrected chi connectivity index (χ1v) is 10.6. The topological polar surface area (TPSA) is 106 Å². The number of rotatable bonds is 7. The summed E-state index contributed by atoms with van der Waals surface area (Å²) >= 11 is 0. The van der Waals surface area contributed by atoms with Gasteiger partial charge < -0.3 is 15.2 Å². The van der Waals surface area contributed by atoms with Crippen LogP contribution in [-0.2, 0) is 19.6 Å². The highest BCUT2D eigenvalue weighted by Crippen LogP contribution is 2.32. The Balaban J connectivity index is 1.72. The number of carbonyl (C=O) groups excluding carboxylic acids is 1. The van der Waals surface area contributed by atoms with Crippen LogP contribution < -0.4 is 15.5 Å². The Bertz CT molecular complexity index is 1120. The molecule has 0 unspecified atom stereocenters. The molecule has 0 aromatic carbocycles. The molecule has 162 valence electrons. The summed E-state index contributed by atoms with van der Waals surface area (Å²) in [6.07, 6.45) is 0.967. The first kappa shape index (κ1) is 20.9. The predicted octanol–water partition coefficient (Wildman–Crippen LogP) is 2.53. The molecule has 0 atom stereocenters. The molecule has 2 N–H and O–H groups in total. The van der Waals surface area contributed by atoms with Crippen LogP contribution in [0, 0.1) is 6.92 Å². The molecule has 31 heavy (non-hydrogen) atoms. The minimum absolute atomic E-state index is 0.0892. The standard InChI is InChI=1S/C22H28N8O/c1-5-10-29-14(3)26-27-21(29)17-8-7-9-19(24-17)30-13-16-15(22(30)31)11-20(28(4)6-2)25-18(16)12-23/h7-9,11H,5-6,10,12-13,23H2,1-4H3. The van der Waals surface area contributed by atoms with Gasteiger partial charge in [-0.05, 0) is 38.5 Å². The number of pyridine rings is 2. The van der Waals surface area contributed by atoms with Gasteiger partial charge in [-0.15, -0.1) is 10.2 Å². The largest absolute Gasteiger partial charge is 0.360 e. The third-order valence-corrected chi connectivity index (χ3v) is 5.67. The Morgan fingerprint density at radius 3 is 2.71 bits per heavy atom. The van der Waals surface area contributed by atoms with Crippen molar-refractivity contribution in [2.24, 2.45) is 5.73 Å². The van der Waals surface area contributed by atoms with E-state index in [1.807, 2.05) is 50.1 Å². The summed E-state index contributed by atoms with van der Waals surface area (Å²) in [6.45, 7) is 8.37. The fourth-order valence-corrected chi connectivity index (χ4v) is 3.82. The van der Waals surface area contributed by atoms with Gasteiger partial charge in [0.15, 0.2) is 5.82 Å². The summed E-state index contributed by atoms with van der Waals surface area (Å²) in [4.78, 5) is 26.4. The Morgan fingerprint density at radius 2 is 2.00 bits per heavy atom. The van der Waals surface area contributed by atoms with Gasteiger partial charge in [-0.3, -0.25) is 9.69 Å². The average Bonchev–Trinajstić information content (AvgIpc) is 3.33. The number of nitrogens with zero attached hydrogens (tertiary/aromatic N) is 7. The number of hydrogen-bond donors (Lipinski definition) is 1. The van der Waals surface area contributed by atoms with E-state index in [1.54, 1.807) is 4.90 Å². The maximum Gasteiger partial charge on any atom is 0.260 e. The number of amides is 1. The first-order chi connectivity index (χ1) is 15.0. The lowest BCUT2D eigenvalue weighted by Gasteiger charge is -2.17. The van der Waals surface area contributed by atoms with E-state index in [-0.39, 0.29) is 12.5 Å². The van der Waals surface area contributed by atoms with E-state index < -0.39 is 0 Å². The van der Waals surface area contributed by atoms with Crippen molar-refractivity contribution >= 4 is 17.5 Å². The predicted molar refractivity (Wildman–Crippen MR) is 120 cm³/mol. The van der Waals surface area contributed by atoms with Crippen molar-refractivity contribution in [3.8, 4) is 11.5 Å². The van der Waals surface area contributed by atoms with Gasteiger partial charge in [-0.25, -0.2) is 9.97 Å². The third-order valence-electron chi connectivity index (χ3n) is 5.67. The van der Waals surface area contributed by atoms with E-state index in [2.05, 4.69) is 26.7 Å². The second-order valence-corrected chi connectivity index (χ2v) is 7.67. The highest BCUT2D eigenvalue weighted by Gasteiger charge is 2.33. The normalized spacial score (nSPS) is 13.1. The summed E-state index contributed by atoms with van der Waals surface area (Å²) in [5, 5.41) is 8.52. The van der Waals surface area contributed by atoms with Crippen LogP contribution in [-0.4, -0.2) is 44.2 Å². The van der Waals surface area contributed by atoms with E-state index in [4.69, 9.17) is 10.7 Å². The van der Waals surface area contributed by atoms with Gasteiger partial charge in [-0.2, -0.15) is 0 Å². The smallest absolute Gasteiger partial charge is 0.260 e. The van der Waals surface area contributed by atoms with Crippen LogP contribution in [0.5, 0.6) is 0 Å². The van der Waals surface area contributed by atoms with Crippen molar-refractivity contribution in [1.82, 2.24) is 24.7 Å². The minimum atomic E-state index is -0.0892. The zero-order valence-electron chi connectivity index (χ0n) is 18.5. The summed E-state index contributed by atoms with van der Waals surface area (Å²) in [6, 6.07) is 7.49. The SMILES string of the molecule is CCCn1c(C)nnc1-c1cccc(N2Cc3c(cc(N(C)CC)nc3CN)C2=O)n1. The highest BCUT2D eigenvalue weighted by atomic mass is 16.2. The zero-order valence-corrected chi connectivity index (χ0v) is 18.5. The molecule has 4 heterocycles. The minimum Gasteiger partial charge on any atom is -0.360 e. The van der Waals surface area contributed by atoms with Crippen LogP contribution in [0.15, 0.2) is 24.3 Å². The Hall–Kier alpha value is -3.33. The quantitative estimate of drug-likeness (QED) is 0.626. The lowest BCUT2D eigenvalue weighted by atomic mass is 10.1. The van der Waals surface area contributed by atoms with E-state index in [0.29, 0.717) is 29.4 Å². The van der Waals surface area contributed by atoms with E-state index in [1.165, 1.54) is 0 Å². The van der Waals surface area contributed by atoms with Gasteiger partial charge in [0.05, 0.1) is 17.8 Å². The van der Waals surface area contributed by atoms with Crippen LogP contribution in [0.1, 0.15) is 47.7 Å². The van der Waals surface area contributed by atoms with Crippen molar-refractivity contribution in [2.75, 3.05) is 23.4 Å². The molecule has 0 saturated heterocycles. The third kappa shape index (κ3) is 3.65. The molecule has 0 bridgehead atoms. The first-order valence-electron chi connectivity index (χ1n) is 10.6. The van der Waals surface area contributed by atoms with Crippen molar-refractivity contribution in [2.45, 2.75) is 46.8 Å². The Kier molecular flexibility index (Phi) is 5.69. The molecule has 0 saturated carbocycles. The molecule has 0 radical (unpaired) electrons.